The first-order chi connectivity index (χ1) is 10.3. The third-order valence-electron chi connectivity index (χ3n) is 3.16. The van der Waals surface area contributed by atoms with E-state index in [1.165, 1.54) is 0 Å². The van der Waals surface area contributed by atoms with Crippen LogP contribution >= 0.6 is 0 Å². The second kappa shape index (κ2) is 5.78. The summed E-state index contributed by atoms with van der Waals surface area (Å²) in [6, 6.07) is 9.74. The Hall–Kier alpha value is -2.63. The van der Waals surface area contributed by atoms with Crippen LogP contribution in [0, 0.1) is 0 Å². The number of nitrogens with zero attached hydrogens (tertiary/aromatic N) is 4. The van der Waals surface area contributed by atoms with E-state index in [4.69, 9.17) is 4.42 Å². The predicted molar refractivity (Wildman–Crippen MR) is 79.6 cm³/mol. The molecule has 3 aromatic rings. The van der Waals surface area contributed by atoms with Crippen molar-refractivity contribution in [3.05, 3.63) is 48.1 Å². The Bertz CT molecular complexity index is 717. The summed E-state index contributed by atoms with van der Waals surface area (Å²) in [5, 5.41) is 15.8. The predicted octanol–water partition coefficient (Wildman–Crippen LogP) is 2.64. The van der Waals surface area contributed by atoms with Crippen LogP contribution in [-0.2, 0) is 20.0 Å². The molecule has 21 heavy (non-hydrogen) atoms. The minimum atomic E-state index is 0.485. The second-order valence-electron chi connectivity index (χ2n) is 4.74. The molecule has 0 unspecified atom stereocenters. The van der Waals surface area contributed by atoms with Crippen molar-refractivity contribution in [2.45, 2.75) is 19.9 Å². The highest BCUT2D eigenvalue weighted by Gasteiger charge is 2.10. The third kappa shape index (κ3) is 2.94. The lowest BCUT2D eigenvalue weighted by Crippen LogP contribution is -2.01. The minimum Gasteiger partial charge on any atom is -0.419 e. The van der Waals surface area contributed by atoms with E-state index in [0.717, 1.165) is 23.4 Å². The number of hydrogen-bond acceptors (Lipinski definition) is 5. The highest BCUT2D eigenvalue weighted by molar-refractivity contribution is 5.52. The zero-order valence-electron chi connectivity index (χ0n) is 12.1. The van der Waals surface area contributed by atoms with Gasteiger partial charge in [0.2, 0.25) is 11.8 Å². The minimum absolute atomic E-state index is 0.485. The first kappa shape index (κ1) is 13.4. The van der Waals surface area contributed by atoms with Gasteiger partial charge in [0, 0.05) is 18.8 Å². The average Bonchev–Trinajstić information content (AvgIpc) is 3.12. The molecule has 6 nitrogen and oxygen atoms in total. The Morgan fingerprint density at radius 1 is 1.19 bits per heavy atom. The fourth-order valence-electron chi connectivity index (χ4n) is 2.14. The van der Waals surface area contributed by atoms with E-state index in [1.807, 2.05) is 43.6 Å². The van der Waals surface area contributed by atoms with E-state index >= 15 is 0 Å². The van der Waals surface area contributed by atoms with Gasteiger partial charge in [0.25, 0.3) is 0 Å². The van der Waals surface area contributed by atoms with Gasteiger partial charge in [-0.3, -0.25) is 4.68 Å². The zero-order chi connectivity index (χ0) is 14.7. The lowest BCUT2D eigenvalue weighted by atomic mass is 10.2. The normalized spacial score (nSPS) is 10.8. The van der Waals surface area contributed by atoms with Gasteiger partial charge in [0.1, 0.15) is 0 Å². The molecule has 2 heterocycles. The Morgan fingerprint density at radius 3 is 2.76 bits per heavy atom. The summed E-state index contributed by atoms with van der Waals surface area (Å²) >= 11 is 0. The first-order valence-electron chi connectivity index (χ1n) is 6.90. The Morgan fingerprint density at radius 2 is 2.00 bits per heavy atom. The fraction of sp³-hybridized carbons (Fsp3) is 0.267. The summed E-state index contributed by atoms with van der Waals surface area (Å²) in [6.07, 6.45) is 2.83. The maximum Gasteiger partial charge on any atom is 0.247 e. The van der Waals surface area contributed by atoms with Gasteiger partial charge in [0.05, 0.1) is 17.9 Å². The van der Waals surface area contributed by atoms with Crippen LogP contribution in [0.2, 0.25) is 0 Å². The molecule has 6 heteroatoms. The molecule has 1 aromatic carbocycles. The van der Waals surface area contributed by atoms with E-state index in [9.17, 15) is 0 Å². The number of benzene rings is 1. The summed E-state index contributed by atoms with van der Waals surface area (Å²) in [6.45, 7) is 2.56. The smallest absolute Gasteiger partial charge is 0.247 e. The lowest BCUT2D eigenvalue weighted by molar-refractivity contribution is 0.515. The Labute approximate surface area is 122 Å². The van der Waals surface area contributed by atoms with Crippen molar-refractivity contribution in [2.24, 2.45) is 7.05 Å². The number of rotatable bonds is 5. The molecule has 3 rings (SSSR count). The van der Waals surface area contributed by atoms with Crippen LogP contribution in [0.4, 0.5) is 5.69 Å². The molecule has 108 valence electrons. The van der Waals surface area contributed by atoms with Crippen molar-refractivity contribution in [3.63, 3.8) is 0 Å². The zero-order valence-corrected chi connectivity index (χ0v) is 12.1. The van der Waals surface area contributed by atoms with Crippen LogP contribution in [0.25, 0.3) is 11.5 Å². The lowest BCUT2D eigenvalue weighted by Gasteiger charge is -2.01. The van der Waals surface area contributed by atoms with Gasteiger partial charge in [-0.25, -0.2) is 0 Å². The summed E-state index contributed by atoms with van der Waals surface area (Å²) < 4.78 is 7.46. The molecule has 0 aliphatic carbocycles. The van der Waals surface area contributed by atoms with Crippen molar-refractivity contribution in [1.82, 2.24) is 20.0 Å². The number of aromatic nitrogens is 4. The number of nitrogens with one attached hydrogen (secondary N) is 1. The molecule has 0 spiro atoms. The van der Waals surface area contributed by atoms with Crippen LogP contribution in [0.5, 0.6) is 0 Å². The maximum atomic E-state index is 5.66. The molecular formula is C15H17N5O. The molecule has 0 atom stereocenters. The fourth-order valence-corrected chi connectivity index (χ4v) is 2.14. The molecule has 1 N–H and O–H groups in total. The number of anilines is 1. The van der Waals surface area contributed by atoms with E-state index in [-0.39, 0.29) is 0 Å². The van der Waals surface area contributed by atoms with E-state index in [1.54, 1.807) is 4.68 Å². The van der Waals surface area contributed by atoms with Gasteiger partial charge in [-0.2, -0.15) is 5.10 Å². The Balaban J connectivity index is 1.70. The highest BCUT2D eigenvalue weighted by Crippen LogP contribution is 2.18. The van der Waals surface area contributed by atoms with Gasteiger partial charge < -0.3 is 9.73 Å². The molecule has 0 fully saturated rings. The van der Waals surface area contributed by atoms with Crippen molar-refractivity contribution in [1.29, 1.82) is 0 Å². The summed E-state index contributed by atoms with van der Waals surface area (Å²) in [7, 11) is 1.91. The number of aryl methyl sites for hydroxylation is 2. The van der Waals surface area contributed by atoms with Crippen molar-refractivity contribution in [2.75, 3.05) is 5.32 Å². The average molecular weight is 283 g/mol. The second-order valence-corrected chi connectivity index (χ2v) is 4.74. The van der Waals surface area contributed by atoms with Crippen molar-refractivity contribution < 1.29 is 4.42 Å². The van der Waals surface area contributed by atoms with E-state index in [2.05, 4.69) is 27.5 Å². The standard InChI is InChI=1S/C15H17N5O/c1-3-12-13(10-20(2)19-12)16-9-14-17-18-15(21-14)11-7-5-4-6-8-11/h4-8,10,16H,3,9H2,1-2H3. The molecular weight excluding hydrogens is 266 g/mol. The summed E-state index contributed by atoms with van der Waals surface area (Å²) in [5.41, 5.74) is 2.95. The molecule has 0 amide bonds. The van der Waals surface area contributed by atoms with Crippen LogP contribution in [0.3, 0.4) is 0 Å². The molecule has 0 aliphatic heterocycles. The SMILES string of the molecule is CCc1nn(C)cc1NCc1nnc(-c2ccccc2)o1. The van der Waals surface area contributed by atoms with E-state index in [0.29, 0.717) is 18.3 Å². The van der Waals surface area contributed by atoms with Gasteiger partial charge in [0.15, 0.2) is 0 Å². The quantitative estimate of drug-likeness (QED) is 0.779. The van der Waals surface area contributed by atoms with Crippen molar-refractivity contribution >= 4 is 5.69 Å². The Kier molecular flexibility index (Phi) is 3.68. The highest BCUT2D eigenvalue weighted by atomic mass is 16.4. The van der Waals surface area contributed by atoms with Crippen LogP contribution in [-0.4, -0.2) is 20.0 Å². The van der Waals surface area contributed by atoms with E-state index < -0.39 is 0 Å². The summed E-state index contributed by atoms with van der Waals surface area (Å²) in [4.78, 5) is 0. The molecule has 0 radical (unpaired) electrons. The molecule has 0 saturated heterocycles. The largest absolute Gasteiger partial charge is 0.419 e. The number of hydrogen-bond donors (Lipinski definition) is 1. The van der Waals surface area contributed by atoms with Crippen molar-refractivity contribution in [3.8, 4) is 11.5 Å². The molecule has 0 aliphatic rings. The van der Waals surface area contributed by atoms with Gasteiger partial charge in [-0.1, -0.05) is 25.1 Å². The van der Waals surface area contributed by atoms with Gasteiger partial charge in [-0.05, 0) is 18.6 Å². The molecule has 0 saturated carbocycles. The van der Waals surface area contributed by atoms with Crippen LogP contribution < -0.4 is 5.32 Å². The monoisotopic (exact) mass is 283 g/mol. The van der Waals surface area contributed by atoms with Crippen LogP contribution in [0.15, 0.2) is 40.9 Å². The molecule has 0 bridgehead atoms. The molecule has 2 aromatic heterocycles. The van der Waals surface area contributed by atoms with Crippen LogP contribution in [0.1, 0.15) is 18.5 Å². The summed E-state index contributed by atoms with van der Waals surface area (Å²) in [5.74, 6) is 1.09. The van der Waals surface area contributed by atoms with Gasteiger partial charge >= 0.3 is 0 Å². The third-order valence-corrected chi connectivity index (χ3v) is 3.16. The first-order valence-corrected chi connectivity index (χ1v) is 6.90. The maximum absolute atomic E-state index is 5.66. The topological polar surface area (TPSA) is 68.8 Å². The van der Waals surface area contributed by atoms with Gasteiger partial charge in [-0.15, -0.1) is 10.2 Å².